The Hall–Kier alpha value is -1.47. The topological polar surface area (TPSA) is 22.0 Å². The van der Waals surface area contributed by atoms with Gasteiger partial charge in [0.1, 0.15) is 5.82 Å². The van der Waals surface area contributed by atoms with Crippen molar-refractivity contribution in [3.8, 4) is 11.3 Å². The van der Waals surface area contributed by atoms with E-state index >= 15 is 0 Å². The highest BCUT2D eigenvalue weighted by Gasteiger charge is 2.08. The van der Waals surface area contributed by atoms with Crippen molar-refractivity contribution in [3.63, 3.8) is 0 Å². The fourth-order valence-electron chi connectivity index (χ4n) is 1.45. The van der Waals surface area contributed by atoms with Crippen LogP contribution in [0.1, 0.15) is 10.4 Å². The molecule has 1 heterocycles. The van der Waals surface area contributed by atoms with Crippen LogP contribution in [-0.2, 0) is 0 Å². The van der Waals surface area contributed by atoms with Crippen molar-refractivity contribution in [1.29, 1.82) is 0 Å². The largest absolute Gasteiger partial charge is 0.331 e. The molecule has 0 aliphatic heterocycles. The first-order chi connectivity index (χ1) is 7.22. The molecule has 2 rings (SSSR count). The lowest BCUT2D eigenvalue weighted by Crippen LogP contribution is -1.86. The third-order valence-corrected chi connectivity index (χ3v) is 2.58. The van der Waals surface area contributed by atoms with Gasteiger partial charge in [0.05, 0.1) is 5.69 Å². The molecule has 2 nitrogen and oxygen atoms in total. The van der Waals surface area contributed by atoms with Gasteiger partial charge in [0.2, 0.25) is 0 Å². The molecule has 0 fully saturated rings. The number of nitrogens with zero attached hydrogens (tertiary/aromatic N) is 1. The van der Waals surface area contributed by atoms with Crippen LogP contribution in [0.25, 0.3) is 11.3 Å². The Morgan fingerprint density at radius 2 is 2.07 bits per heavy atom. The first-order valence-corrected chi connectivity index (χ1v) is 4.91. The Morgan fingerprint density at radius 1 is 1.33 bits per heavy atom. The van der Waals surface area contributed by atoms with Gasteiger partial charge in [-0.2, -0.15) is 0 Å². The monoisotopic (exact) mass is 221 g/mol. The maximum Gasteiger partial charge on any atom is 0.151 e. The van der Waals surface area contributed by atoms with Crippen LogP contribution in [0, 0.1) is 5.82 Å². The fourth-order valence-corrected chi connectivity index (χ4v) is 1.84. The van der Waals surface area contributed by atoms with E-state index in [-0.39, 0.29) is 5.82 Å². The summed E-state index contributed by atoms with van der Waals surface area (Å²) in [7, 11) is 2.42. The van der Waals surface area contributed by atoms with Gasteiger partial charge in [-0.25, -0.2) is 4.39 Å². The highest BCUT2D eigenvalue weighted by atomic mass is 31.0. The van der Waals surface area contributed by atoms with Crippen molar-refractivity contribution in [2.75, 3.05) is 0 Å². The van der Waals surface area contributed by atoms with E-state index in [1.54, 1.807) is 34.8 Å². The van der Waals surface area contributed by atoms with E-state index in [4.69, 9.17) is 0 Å². The highest BCUT2D eigenvalue weighted by Crippen LogP contribution is 2.25. The van der Waals surface area contributed by atoms with E-state index in [2.05, 4.69) is 9.39 Å². The quantitative estimate of drug-likeness (QED) is 0.564. The molecule has 2 aromatic rings. The SMILES string of the molecule is O=Cc1cc(-c2ccccc2F)n(P)c1. The smallest absolute Gasteiger partial charge is 0.151 e. The summed E-state index contributed by atoms with van der Waals surface area (Å²) in [5.74, 6) is -0.295. The van der Waals surface area contributed by atoms with Crippen LogP contribution in [0.5, 0.6) is 0 Å². The van der Waals surface area contributed by atoms with Crippen LogP contribution >= 0.6 is 9.39 Å². The van der Waals surface area contributed by atoms with Crippen LogP contribution < -0.4 is 0 Å². The van der Waals surface area contributed by atoms with Gasteiger partial charge in [0.25, 0.3) is 0 Å². The maximum atomic E-state index is 13.5. The number of aldehydes is 1. The number of carbonyl (C=O) groups excluding carboxylic acids is 1. The zero-order valence-corrected chi connectivity index (χ0v) is 9.01. The summed E-state index contributed by atoms with van der Waals surface area (Å²) in [6, 6.07) is 8.12. The van der Waals surface area contributed by atoms with Crippen molar-refractivity contribution < 1.29 is 9.18 Å². The van der Waals surface area contributed by atoms with Gasteiger partial charge in [-0.05, 0) is 27.6 Å². The van der Waals surface area contributed by atoms with E-state index < -0.39 is 0 Å². The van der Waals surface area contributed by atoms with Crippen LogP contribution in [0.15, 0.2) is 36.5 Å². The van der Waals surface area contributed by atoms with E-state index in [0.29, 0.717) is 16.8 Å². The molecular weight excluding hydrogens is 212 g/mol. The summed E-state index contributed by atoms with van der Waals surface area (Å²) in [5, 5.41) is 0. The molecule has 0 bridgehead atoms. The van der Waals surface area contributed by atoms with Crippen LogP contribution in [-0.4, -0.2) is 10.6 Å². The van der Waals surface area contributed by atoms with E-state index in [1.807, 2.05) is 0 Å². The molecule has 1 aromatic heterocycles. The lowest BCUT2D eigenvalue weighted by molar-refractivity contribution is 0.112. The van der Waals surface area contributed by atoms with E-state index in [1.165, 1.54) is 6.07 Å². The Labute approximate surface area is 89.0 Å². The number of aromatic nitrogens is 1. The summed E-state index contributed by atoms with van der Waals surface area (Å²) in [6.07, 6.45) is 2.38. The first-order valence-electron chi connectivity index (χ1n) is 4.40. The molecule has 0 spiro atoms. The Morgan fingerprint density at radius 3 is 2.67 bits per heavy atom. The lowest BCUT2D eigenvalue weighted by atomic mass is 10.1. The second-order valence-corrected chi connectivity index (χ2v) is 3.72. The molecule has 1 unspecified atom stereocenters. The van der Waals surface area contributed by atoms with Crippen molar-refractivity contribution >= 4 is 15.7 Å². The van der Waals surface area contributed by atoms with E-state index in [0.717, 1.165) is 6.29 Å². The summed E-state index contributed by atoms with van der Waals surface area (Å²) in [4.78, 5) is 10.6. The summed E-state index contributed by atoms with van der Waals surface area (Å²) in [5.41, 5.74) is 1.68. The van der Waals surface area contributed by atoms with Gasteiger partial charge < -0.3 is 4.34 Å². The molecule has 1 atom stereocenters. The zero-order chi connectivity index (χ0) is 10.8. The number of carbonyl (C=O) groups is 1. The third-order valence-electron chi connectivity index (χ3n) is 2.16. The van der Waals surface area contributed by atoms with Gasteiger partial charge in [0.15, 0.2) is 6.29 Å². The fraction of sp³-hybridized carbons (Fsp3) is 0. The number of hydrogen-bond acceptors (Lipinski definition) is 1. The minimum atomic E-state index is -0.295. The molecule has 0 saturated heterocycles. The van der Waals surface area contributed by atoms with Gasteiger partial charge in [-0.15, -0.1) is 0 Å². The Balaban J connectivity index is 2.58. The highest BCUT2D eigenvalue weighted by molar-refractivity contribution is 7.14. The average Bonchev–Trinajstić information content (AvgIpc) is 2.60. The Kier molecular flexibility index (Phi) is 2.65. The lowest BCUT2D eigenvalue weighted by Gasteiger charge is -2.03. The predicted molar refractivity (Wildman–Crippen MR) is 60.3 cm³/mol. The minimum absolute atomic E-state index is 0.295. The third kappa shape index (κ3) is 1.83. The van der Waals surface area contributed by atoms with Crippen molar-refractivity contribution in [1.82, 2.24) is 4.34 Å². The summed E-state index contributed by atoms with van der Waals surface area (Å²) < 4.78 is 15.1. The number of halogens is 1. The minimum Gasteiger partial charge on any atom is -0.331 e. The van der Waals surface area contributed by atoms with E-state index in [9.17, 15) is 9.18 Å². The second-order valence-electron chi connectivity index (χ2n) is 3.16. The molecule has 0 radical (unpaired) electrons. The van der Waals surface area contributed by atoms with Gasteiger partial charge in [-0.1, -0.05) is 12.1 Å². The predicted octanol–water partition coefficient (Wildman–Crippen LogP) is 2.74. The van der Waals surface area contributed by atoms with Crippen LogP contribution in [0.3, 0.4) is 0 Å². The molecule has 1 aromatic carbocycles. The van der Waals surface area contributed by atoms with Crippen LogP contribution in [0.4, 0.5) is 4.39 Å². The Bertz CT molecular complexity index is 507. The zero-order valence-electron chi connectivity index (χ0n) is 7.85. The number of rotatable bonds is 2. The molecule has 0 aliphatic rings. The molecule has 0 N–H and O–H groups in total. The summed E-state index contributed by atoms with van der Waals surface area (Å²) >= 11 is 0. The second kappa shape index (κ2) is 3.95. The molecule has 0 aliphatic carbocycles. The molecule has 0 saturated carbocycles. The molecule has 15 heavy (non-hydrogen) atoms. The summed E-state index contributed by atoms with van der Waals surface area (Å²) in [6.45, 7) is 0. The molecule has 0 amide bonds. The van der Waals surface area contributed by atoms with Crippen molar-refractivity contribution in [3.05, 3.63) is 47.9 Å². The van der Waals surface area contributed by atoms with Gasteiger partial charge >= 0.3 is 0 Å². The van der Waals surface area contributed by atoms with Gasteiger partial charge in [0, 0.05) is 17.3 Å². The van der Waals surface area contributed by atoms with Crippen molar-refractivity contribution in [2.24, 2.45) is 0 Å². The molecular formula is C11H9FNOP. The first kappa shape index (κ1) is 10.1. The molecule has 76 valence electrons. The normalized spacial score (nSPS) is 10.3. The standard InChI is InChI=1S/C11H9FNOP/c12-10-4-2-1-3-9(10)11-5-8(7-14)6-13(11)15/h1-7H,15H2. The maximum absolute atomic E-state index is 13.5. The molecule has 4 heteroatoms. The average molecular weight is 221 g/mol. The van der Waals surface area contributed by atoms with Crippen LogP contribution in [0.2, 0.25) is 0 Å². The number of benzene rings is 1. The van der Waals surface area contributed by atoms with Gasteiger partial charge in [-0.3, -0.25) is 4.79 Å². The van der Waals surface area contributed by atoms with Crippen molar-refractivity contribution in [2.45, 2.75) is 0 Å². The number of hydrogen-bond donors (Lipinski definition) is 0.